The molecule has 0 aromatic heterocycles. The first-order valence-corrected chi connectivity index (χ1v) is 8.67. The number of rotatable bonds is 6. The molecule has 2 rings (SSSR count). The van der Waals surface area contributed by atoms with Crippen molar-refractivity contribution in [2.24, 2.45) is 0 Å². The summed E-state index contributed by atoms with van der Waals surface area (Å²) in [5.74, 6) is 0.758. The second-order valence-electron chi connectivity index (χ2n) is 5.65. The Kier molecular flexibility index (Phi) is 6.80. The Hall–Kier alpha value is -0.290. The van der Waals surface area contributed by atoms with E-state index in [2.05, 4.69) is 34.7 Å². The van der Waals surface area contributed by atoms with Crippen LogP contribution in [0.2, 0.25) is 5.02 Å². The van der Waals surface area contributed by atoms with Gasteiger partial charge in [0.05, 0.1) is 23.8 Å². The van der Waals surface area contributed by atoms with Gasteiger partial charge in [-0.3, -0.25) is 4.90 Å². The Balaban J connectivity index is 1.63. The third-order valence-corrected chi connectivity index (χ3v) is 4.30. The smallest absolute Gasteiger partial charge is 0.137 e. The van der Waals surface area contributed by atoms with Crippen LogP contribution in [0.25, 0.3) is 0 Å². The maximum atomic E-state index is 6.12. The SMILES string of the molecule is CC1CN(CCCCOc2ccc(Br)cc2Cl)CC(C)O1. The van der Waals surface area contributed by atoms with Crippen LogP contribution in [0, 0.1) is 0 Å². The van der Waals surface area contributed by atoms with E-state index in [0.717, 1.165) is 42.7 Å². The highest BCUT2D eigenvalue weighted by Gasteiger charge is 2.21. The zero-order valence-corrected chi connectivity index (χ0v) is 15.0. The van der Waals surface area contributed by atoms with E-state index in [-0.39, 0.29) is 0 Å². The number of ether oxygens (including phenoxy) is 2. The van der Waals surface area contributed by atoms with Gasteiger partial charge in [0.2, 0.25) is 0 Å². The molecule has 0 spiro atoms. The van der Waals surface area contributed by atoms with E-state index in [1.54, 1.807) is 0 Å². The Morgan fingerprint density at radius 1 is 1.29 bits per heavy atom. The second kappa shape index (κ2) is 8.37. The van der Waals surface area contributed by atoms with E-state index >= 15 is 0 Å². The van der Waals surface area contributed by atoms with Crippen LogP contribution in [0.15, 0.2) is 22.7 Å². The molecule has 0 radical (unpaired) electrons. The number of hydrogen-bond donors (Lipinski definition) is 0. The molecule has 1 aliphatic heterocycles. The van der Waals surface area contributed by atoms with Crippen molar-refractivity contribution in [3.05, 3.63) is 27.7 Å². The van der Waals surface area contributed by atoms with Gasteiger partial charge in [-0.2, -0.15) is 0 Å². The molecular weight excluding hydrogens is 354 g/mol. The Morgan fingerprint density at radius 2 is 2.00 bits per heavy atom. The molecule has 5 heteroatoms. The number of unbranched alkanes of at least 4 members (excludes halogenated alkanes) is 1. The highest BCUT2D eigenvalue weighted by Crippen LogP contribution is 2.27. The summed E-state index contributed by atoms with van der Waals surface area (Å²) in [6.45, 7) is 8.16. The standard InChI is InChI=1S/C16H23BrClNO2/c1-12-10-19(11-13(2)21-12)7-3-4-8-20-16-6-5-14(17)9-15(16)18/h5-6,9,12-13H,3-4,7-8,10-11H2,1-2H3. The molecule has 118 valence electrons. The van der Waals surface area contributed by atoms with E-state index in [1.165, 1.54) is 0 Å². The maximum absolute atomic E-state index is 6.12. The number of nitrogens with zero attached hydrogens (tertiary/aromatic N) is 1. The van der Waals surface area contributed by atoms with Gasteiger partial charge in [0.1, 0.15) is 5.75 Å². The molecule has 21 heavy (non-hydrogen) atoms. The van der Waals surface area contributed by atoms with Crippen LogP contribution in [0.3, 0.4) is 0 Å². The zero-order chi connectivity index (χ0) is 15.2. The molecule has 0 saturated carbocycles. The van der Waals surface area contributed by atoms with Crippen LogP contribution in [-0.4, -0.2) is 43.3 Å². The minimum atomic E-state index is 0.339. The normalized spacial score (nSPS) is 23.2. The zero-order valence-electron chi connectivity index (χ0n) is 12.6. The van der Waals surface area contributed by atoms with Gasteiger partial charge < -0.3 is 9.47 Å². The first kappa shape index (κ1) is 17.1. The van der Waals surface area contributed by atoms with Crippen molar-refractivity contribution in [3.8, 4) is 5.75 Å². The van der Waals surface area contributed by atoms with Crippen LogP contribution >= 0.6 is 27.5 Å². The fourth-order valence-electron chi connectivity index (χ4n) is 2.68. The van der Waals surface area contributed by atoms with Gasteiger partial charge in [0, 0.05) is 17.6 Å². The van der Waals surface area contributed by atoms with Gasteiger partial charge in [-0.15, -0.1) is 0 Å². The highest BCUT2D eigenvalue weighted by atomic mass is 79.9. The van der Waals surface area contributed by atoms with Crippen molar-refractivity contribution < 1.29 is 9.47 Å². The van der Waals surface area contributed by atoms with E-state index in [4.69, 9.17) is 21.1 Å². The summed E-state index contributed by atoms with van der Waals surface area (Å²) in [6, 6.07) is 5.70. The fourth-order valence-corrected chi connectivity index (χ4v) is 3.41. The Bertz CT molecular complexity index is 448. The molecule has 1 aliphatic rings. The molecule has 3 nitrogen and oxygen atoms in total. The van der Waals surface area contributed by atoms with E-state index in [9.17, 15) is 0 Å². The van der Waals surface area contributed by atoms with Crippen LogP contribution in [0.1, 0.15) is 26.7 Å². The molecule has 1 fully saturated rings. The van der Waals surface area contributed by atoms with Crippen LogP contribution in [0.5, 0.6) is 5.75 Å². The minimum absolute atomic E-state index is 0.339. The molecule has 0 bridgehead atoms. The lowest BCUT2D eigenvalue weighted by Gasteiger charge is -2.35. The first-order chi connectivity index (χ1) is 10.0. The third-order valence-electron chi connectivity index (χ3n) is 3.52. The number of morpholine rings is 1. The van der Waals surface area contributed by atoms with Gasteiger partial charge >= 0.3 is 0 Å². The van der Waals surface area contributed by atoms with E-state index in [0.29, 0.717) is 23.8 Å². The Labute approximate surface area is 140 Å². The molecule has 2 atom stereocenters. The fraction of sp³-hybridized carbons (Fsp3) is 0.625. The van der Waals surface area contributed by atoms with Crippen molar-refractivity contribution in [2.45, 2.75) is 38.9 Å². The van der Waals surface area contributed by atoms with Crippen molar-refractivity contribution in [1.29, 1.82) is 0 Å². The molecule has 1 aromatic carbocycles. The lowest BCUT2D eigenvalue weighted by Crippen LogP contribution is -2.45. The van der Waals surface area contributed by atoms with Crippen molar-refractivity contribution in [2.75, 3.05) is 26.2 Å². The molecule has 1 heterocycles. The monoisotopic (exact) mass is 375 g/mol. The quantitative estimate of drug-likeness (QED) is 0.688. The molecule has 1 saturated heterocycles. The number of benzene rings is 1. The van der Waals surface area contributed by atoms with E-state index < -0.39 is 0 Å². The molecule has 1 aromatic rings. The van der Waals surface area contributed by atoms with Crippen molar-refractivity contribution >= 4 is 27.5 Å². The summed E-state index contributed by atoms with van der Waals surface area (Å²) in [4.78, 5) is 2.48. The average molecular weight is 377 g/mol. The predicted molar refractivity (Wildman–Crippen MR) is 90.3 cm³/mol. The average Bonchev–Trinajstić information content (AvgIpc) is 2.39. The molecule has 2 unspecified atom stereocenters. The lowest BCUT2D eigenvalue weighted by atomic mass is 10.2. The van der Waals surface area contributed by atoms with Crippen molar-refractivity contribution in [3.63, 3.8) is 0 Å². The third kappa shape index (κ3) is 5.78. The van der Waals surface area contributed by atoms with E-state index in [1.807, 2.05) is 18.2 Å². The first-order valence-electron chi connectivity index (χ1n) is 7.50. The summed E-state index contributed by atoms with van der Waals surface area (Å²) in [6.07, 6.45) is 2.85. The van der Waals surface area contributed by atoms with Gasteiger partial charge in [-0.25, -0.2) is 0 Å². The predicted octanol–water partition coefficient (Wildman–Crippen LogP) is 4.37. The van der Waals surface area contributed by atoms with Crippen LogP contribution < -0.4 is 4.74 Å². The van der Waals surface area contributed by atoms with Crippen LogP contribution in [-0.2, 0) is 4.74 Å². The van der Waals surface area contributed by atoms with Gasteiger partial charge in [0.15, 0.2) is 0 Å². The number of halogens is 2. The summed E-state index contributed by atoms with van der Waals surface area (Å²) in [7, 11) is 0. The topological polar surface area (TPSA) is 21.7 Å². The highest BCUT2D eigenvalue weighted by molar-refractivity contribution is 9.10. The molecule has 0 N–H and O–H groups in total. The minimum Gasteiger partial charge on any atom is -0.492 e. The number of hydrogen-bond acceptors (Lipinski definition) is 3. The largest absolute Gasteiger partial charge is 0.492 e. The second-order valence-corrected chi connectivity index (χ2v) is 6.97. The Morgan fingerprint density at radius 3 is 2.67 bits per heavy atom. The van der Waals surface area contributed by atoms with Gasteiger partial charge in [-0.1, -0.05) is 27.5 Å². The summed E-state index contributed by atoms with van der Waals surface area (Å²) in [5, 5.41) is 0.653. The molecule has 0 aliphatic carbocycles. The van der Waals surface area contributed by atoms with Crippen molar-refractivity contribution in [1.82, 2.24) is 4.90 Å². The summed E-state index contributed by atoms with van der Waals surface area (Å²) < 4.78 is 12.4. The lowest BCUT2D eigenvalue weighted by molar-refractivity contribution is -0.0682. The van der Waals surface area contributed by atoms with Gasteiger partial charge in [-0.05, 0) is 51.4 Å². The summed E-state index contributed by atoms with van der Waals surface area (Å²) in [5.41, 5.74) is 0. The maximum Gasteiger partial charge on any atom is 0.137 e. The molecular formula is C16H23BrClNO2. The summed E-state index contributed by atoms with van der Waals surface area (Å²) >= 11 is 9.51. The molecule has 0 amide bonds. The van der Waals surface area contributed by atoms with Gasteiger partial charge in [0.25, 0.3) is 0 Å². The van der Waals surface area contributed by atoms with Crippen LogP contribution in [0.4, 0.5) is 0 Å².